The summed E-state index contributed by atoms with van der Waals surface area (Å²) in [7, 11) is 1.66. The van der Waals surface area contributed by atoms with Crippen molar-refractivity contribution in [1.29, 1.82) is 0 Å². The van der Waals surface area contributed by atoms with E-state index in [9.17, 15) is 5.11 Å². The van der Waals surface area contributed by atoms with E-state index in [4.69, 9.17) is 4.74 Å². The molecule has 0 amide bonds. The standard InChI is InChI=1S/C17H27NO2/c1-17(2,18-12-6-4-5-7-13-18)16(19)14-8-10-15(20-3)11-9-14/h8-11,16,19H,4-7,12-13H2,1-3H3. The van der Waals surface area contributed by atoms with Crippen molar-refractivity contribution in [2.45, 2.75) is 51.2 Å². The highest BCUT2D eigenvalue weighted by Gasteiger charge is 2.35. The summed E-state index contributed by atoms with van der Waals surface area (Å²) in [5, 5.41) is 10.8. The Balaban J connectivity index is 2.13. The molecule has 1 aromatic rings. The molecule has 1 atom stereocenters. The van der Waals surface area contributed by atoms with Crippen molar-refractivity contribution in [1.82, 2.24) is 4.90 Å². The Kier molecular flexibility index (Phi) is 5.06. The number of nitrogens with zero attached hydrogens (tertiary/aromatic N) is 1. The summed E-state index contributed by atoms with van der Waals surface area (Å²) in [6.07, 6.45) is 4.61. The van der Waals surface area contributed by atoms with Crippen LogP contribution in [-0.4, -0.2) is 35.7 Å². The molecule has 0 aromatic heterocycles. The summed E-state index contributed by atoms with van der Waals surface area (Å²) in [4.78, 5) is 2.44. The molecule has 0 aliphatic carbocycles. The maximum atomic E-state index is 10.8. The average molecular weight is 277 g/mol. The van der Waals surface area contributed by atoms with E-state index in [0.29, 0.717) is 0 Å². The SMILES string of the molecule is COc1ccc(C(O)C(C)(C)N2CCCCCC2)cc1. The summed E-state index contributed by atoms with van der Waals surface area (Å²) >= 11 is 0. The van der Waals surface area contributed by atoms with Crippen LogP contribution in [0.4, 0.5) is 0 Å². The number of aliphatic hydroxyl groups is 1. The second-order valence-corrected chi connectivity index (χ2v) is 6.23. The quantitative estimate of drug-likeness (QED) is 0.915. The zero-order valence-electron chi connectivity index (χ0n) is 12.9. The zero-order valence-corrected chi connectivity index (χ0v) is 12.9. The summed E-state index contributed by atoms with van der Waals surface area (Å²) in [5.74, 6) is 0.827. The highest BCUT2D eigenvalue weighted by Crippen LogP contribution is 2.33. The number of aliphatic hydroxyl groups excluding tert-OH is 1. The summed E-state index contributed by atoms with van der Waals surface area (Å²) in [5.41, 5.74) is 0.721. The van der Waals surface area contributed by atoms with E-state index >= 15 is 0 Å². The van der Waals surface area contributed by atoms with Gasteiger partial charge in [-0.05, 0) is 57.5 Å². The number of benzene rings is 1. The van der Waals surface area contributed by atoms with Gasteiger partial charge in [0, 0.05) is 5.54 Å². The van der Waals surface area contributed by atoms with E-state index in [-0.39, 0.29) is 5.54 Å². The zero-order chi connectivity index (χ0) is 14.6. The molecular formula is C17H27NO2. The third kappa shape index (κ3) is 3.33. The fourth-order valence-corrected chi connectivity index (χ4v) is 3.01. The van der Waals surface area contributed by atoms with Gasteiger partial charge in [0.2, 0.25) is 0 Å². The first-order chi connectivity index (χ1) is 9.55. The van der Waals surface area contributed by atoms with E-state index < -0.39 is 6.10 Å². The van der Waals surface area contributed by atoms with Crippen LogP contribution in [0.15, 0.2) is 24.3 Å². The van der Waals surface area contributed by atoms with Crippen LogP contribution in [0.5, 0.6) is 5.75 Å². The van der Waals surface area contributed by atoms with Gasteiger partial charge in [-0.15, -0.1) is 0 Å². The van der Waals surface area contributed by atoms with Crippen molar-refractivity contribution < 1.29 is 9.84 Å². The minimum absolute atomic E-state index is 0.237. The van der Waals surface area contributed by atoms with E-state index in [2.05, 4.69) is 18.7 Å². The van der Waals surface area contributed by atoms with E-state index in [1.165, 1.54) is 25.7 Å². The van der Waals surface area contributed by atoms with Crippen LogP contribution in [0.25, 0.3) is 0 Å². The molecule has 0 radical (unpaired) electrons. The maximum Gasteiger partial charge on any atom is 0.118 e. The van der Waals surface area contributed by atoms with Gasteiger partial charge in [0.15, 0.2) is 0 Å². The molecule has 1 saturated heterocycles. The van der Waals surface area contributed by atoms with Crippen molar-refractivity contribution >= 4 is 0 Å². The number of rotatable bonds is 4. The second-order valence-electron chi connectivity index (χ2n) is 6.23. The summed E-state index contributed by atoms with van der Waals surface area (Å²) in [6, 6.07) is 7.75. The van der Waals surface area contributed by atoms with Gasteiger partial charge in [-0.3, -0.25) is 4.90 Å². The fraction of sp³-hybridized carbons (Fsp3) is 0.647. The lowest BCUT2D eigenvalue weighted by Gasteiger charge is -2.41. The Hall–Kier alpha value is -1.06. The van der Waals surface area contributed by atoms with E-state index in [0.717, 1.165) is 24.4 Å². The molecule has 0 saturated carbocycles. The predicted octanol–water partition coefficient (Wildman–Crippen LogP) is 3.38. The Morgan fingerprint density at radius 3 is 2.10 bits per heavy atom. The lowest BCUT2D eigenvalue weighted by Crippen LogP contribution is -2.48. The molecule has 1 fully saturated rings. The van der Waals surface area contributed by atoms with Crippen molar-refractivity contribution in [2.24, 2.45) is 0 Å². The largest absolute Gasteiger partial charge is 0.497 e. The second kappa shape index (κ2) is 6.59. The van der Waals surface area contributed by atoms with Crippen LogP contribution in [0.3, 0.4) is 0 Å². The minimum Gasteiger partial charge on any atom is -0.497 e. The van der Waals surface area contributed by atoms with Crippen molar-refractivity contribution in [2.75, 3.05) is 20.2 Å². The van der Waals surface area contributed by atoms with Crippen LogP contribution in [0.2, 0.25) is 0 Å². The Morgan fingerprint density at radius 1 is 1.05 bits per heavy atom. The Morgan fingerprint density at radius 2 is 1.60 bits per heavy atom. The van der Waals surface area contributed by atoms with Gasteiger partial charge in [-0.25, -0.2) is 0 Å². The molecule has 0 spiro atoms. The smallest absolute Gasteiger partial charge is 0.118 e. The first kappa shape index (κ1) is 15.3. The van der Waals surface area contributed by atoms with Gasteiger partial charge < -0.3 is 9.84 Å². The summed E-state index contributed by atoms with van der Waals surface area (Å²) in [6.45, 7) is 6.46. The molecule has 20 heavy (non-hydrogen) atoms. The molecule has 1 unspecified atom stereocenters. The van der Waals surface area contributed by atoms with Gasteiger partial charge >= 0.3 is 0 Å². The van der Waals surface area contributed by atoms with Crippen molar-refractivity contribution in [3.8, 4) is 5.75 Å². The van der Waals surface area contributed by atoms with Gasteiger partial charge in [0.25, 0.3) is 0 Å². The molecule has 0 bridgehead atoms. The van der Waals surface area contributed by atoms with Crippen LogP contribution in [0, 0.1) is 0 Å². The van der Waals surface area contributed by atoms with Crippen LogP contribution < -0.4 is 4.74 Å². The third-order valence-electron chi connectivity index (χ3n) is 4.52. The molecule has 1 aliphatic rings. The third-order valence-corrected chi connectivity index (χ3v) is 4.52. The number of hydrogen-bond acceptors (Lipinski definition) is 3. The highest BCUT2D eigenvalue weighted by atomic mass is 16.5. The Labute approximate surface area is 122 Å². The number of hydrogen-bond donors (Lipinski definition) is 1. The molecule has 2 rings (SSSR count). The molecule has 1 aliphatic heterocycles. The molecule has 1 aromatic carbocycles. The minimum atomic E-state index is -0.480. The van der Waals surface area contributed by atoms with Crippen LogP contribution in [-0.2, 0) is 0 Å². The van der Waals surface area contributed by atoms with Gasteiger partial charge in [-0.1, -0.05) is 25.0 Å². The average Bonchev–Trinajstić information content (AvgIpc) is 2.76. The van der Waals surface area contributed by atoms with E-state index in [1.807, 2.05) is 24.3 Å². The fourth-order valence-electron chi connectivity index (χ4n) is 3.01. The number of ether oxygens (including phenoxy) is 1. The molecule has 3 nitrogen and oxygen atoms in total. The molecular weight excluding hydrogens is 250 g/mol. The first-order valence-corrected chi connectivity index (χ1v) is 7.63. The monoisotopic (exact) mass is 277 g/mol. The Bertz CT molecular complexity index is 406. The molecule has 112 valence electrons. The topological polar surface area (TPSA) is 32.7 Å². The summed E-state index contributed by atoms with van der Waals surface area (Å²) < 4.78 is 5.18. The molecule has 3 heteroatoms. The van der Waals surface area contributed by atoms with Crippen molar-refractivity contribution in [3.05, 3.63) is 29.8 Å². The van der Waals surface area contributed by atoms with Gasteiger partial charge in [0.05, 0.1) is 13.2 Å². The van der Waals surface area contributed by atoms with Gasteiger partial charge in [0.1, 0.15) is 5.75 Å². The predicted molar refractivity (Wildman–Crippen MR) is 82.1 cm³/mol. The van der Waals surface area contributed by atoms with Crippen molar-refractivity contribution in [3.63, 3.8) is 0 Å². The first-order valence-electron chi connectivity index (χ1n) is 7.63. The van der Waals surface area contributed by atoms with Gasteiger partial charge in [-0.2, -0.15) is 0 Å². The van der Waals surface area contributed by atoms with Crippen LogP contribution in [0.1, 0.15) is 51.2 Å². The van der Waals surface area contributed by atoms with E-state index in [1.54, 1.807) is 7.11 Å². The maximum absolute atomic E-state index is 10.8. The molecule has 1 heterocycles. The lowest BCUT2D eigenvalue weighted by atomic mass is 9.89. The van der Waals surface area contributed by atoms with Crippen LogP contribution >= 0.6 is 0 Å². The number of likely N-dealkylation sites (tertiary alicyclic amines) is 1. The highest BCUT2D eigenvalue weighted by molar-refractivity contribution is 5.29. The molecule has 1 N–H and O–H groups in total. The number of methoxy groups -OCH3 is 1. The normalized spacial score (nSPS) is 19.4. The lowest BCUT2D eigenvalue weighted by molar-refractivity contribution is -0.0100.